The van der Waals surface area contributed by atoms with Crippen LogP contribution in [0.2, 0.25) is 0 Å². The molecule has 186 valence electrons. The molecule has 1 aliphatic carbocycles. The van der Waals surface area contributed by atoms with Crippen LogP contribution in [0.4, 0.5) is 11.4 Å². The second-order valence-corrected chi connectivity index (χ2v) is 11.7. The molecule has 0 unspecified atom stereocenters. The molecule has 2 amide bonds. The molecule has 35 heavy (non-hydrogen) atoms. The van der Waals surface area contributed by atoms with Gasteiger partial charge in [-0.1, -0.05) is 0 Å². The van der Waals surface area contributed by atoms with E-state index < -0.39 is 15.9 Å². The third-order valence-electron chi connectivity index (χ3n) is 7.18. The quantitative estimate of drug-likeness (QED) is 0.660. The van der Waals surface area contributed by atoms with Crippen LogP contribution in [0.5, 0.6) is 5.75 Å². The first-order valence-corrected chi connectivity index (χ1v) is 13.6. The molecule has 2 heterocycles. The van der Waals surface area contributed by atoms with Crippen LogP contribution in [0.25, 0.3) is 0 Å². The SMILES string of the molecule is COc1ccc(NC(=O)[C@H]2CCCN(S(=O)(=O)c3ccc4c(c3)C[C@H](C)N4C(=O)C3CC3)C2)cc1. The molecule has 1 saturated carbocycles. The number of piperidine rings is 1. The number of benzene rings is 2. The summed E-state index contributed by atoms with van der Waals surface area (Å²) >= 11 is 0. The second-order valence-electron chi connectivity index (χ2n) is 9.75. The Kier molecular flexibility index (Phi) is 6.31. The minimum absolute atomic E-state index is 0.0251. The Balaban J connectivity index is 1.30. The highest BCUT2D eigenvalue weighted by molar-refractivity contribution is 7.89. The van der Waals surface area contributed by atoms with Gasteiger partial charge in [0.2, 0.25) is 21.8 Å². The van der Waals surface area contributed by atoms with Gasteiger partial charge in [-0.15, -0.1) is 0 Å². The molecule has 2 aromatic carbocycles. The zero-order valence-corrected chi connectivity index (χ0v) is 20.9. The zero-order chi connectivity index (χ0) is 24.7. The van der Waals surface area contributed by atoms with Crippen LogP contribution in [0, 0.1) is 11.8 Å². The van der Waals surface area contributed by atoms with E-state index in [9.17, 15) is 18.0 Å². The predicted octanol–water partition coefficient (Wildman–Crippen LogP) is 3.42. The standard InChI is InChI=1S/C26H31N3O5S/c1-17-14-20-15-23(11-12-24(20)29(17)26(31)18-5-6-18)35(32,33)28-13-3-4-19(16-28)25(30)27-21-7-9-22(34-2)10-8-21/h7-12,15,17-19H,3-6,13-14,16H2,1-2H3,(H,27,30)/t17-,19-/m0/s1. The van der Waals surface area contributed by atoms with Gasteiger partial charge in [0, 0.05) is 36.4 Å². The van der Waals surface area contributed by atoms with Crippen LogP contribution in [0.15, 0.2) is 47.4 Å². The van der Waals surface area contributed by atoms with Crippen LogP contribution >= 0.6 is 0 Å². The Labute approximate surface area is 206 Å². The Morgan fingerprint density at radius 2 is 1.77 bits per heavy atom. The number of sulfonamides is 1. The van der Waals surface area contributed by atoms with E-state index in [2.05, 4.69) is 5.32 Å². The number of methoxy groups -OCH3 is 1. The first-order chi connectivity index (χ1) is 16.8. The number of hydrogen-bond acceptors (Lipinski definition) is 5. The highest BCUT2D eigenvalue weighted by Gasteiger charge is 2.40. The van der Waals surface area contributed by atoms with Crippen molar-refractivity contribution >= 4 is 33.2 Å². The molecular formula is C26H31N3O5S. The van der Waals surface area contributed by atoms with Gasteiger partial charge in [-0.05, 0) is 87.1 Å². The van der Waals surface area contributed by atoms with E-state index in [1.54, 1.807) is 49.6 Å². The minimum Gasteiger partial charge on any atom is -0.497 e. The lowest BCUT2D eigenvalue weighted by Crippen LogP contribution is -2.43. The van der Waals surface area contributed by atoms with Gasteiger partial charge < -0.3 is 15.0 Å². The lowest BCUT2D eigenvalue weighted by molar-refractivity contribution is -0.121. The third kappa shape index (κ3) is 4.67. The number of anilines is 2. The third-order valence-corrected chi connectivity index (χ3v) is 9.04. The van der Waals surface area contributed by atoms with Crippen LogP contribution in [0.1, 0.15) is 38.2 Å². The summed E-state index contributed by atoms with van der Waals surface area (Å²) in [5.41, 5.74) is 2.36. The second kappa shape index (κ2) is 9.28. The summed E-state index contributed by atoms with van der Waals surface area (Å²) in [6.45, 7) is 2.53. The number of nitrogens with zero attached hydrogens (tertiary/aromatic N) is 2. The molecule has 5 rings (SSSR count). The first-order valence-electron chi connectivity index (χ1n) is 12.2. The molecule has 8 nitrogen and oxygen atoms in total. The van der Waals surface area contributed by atoms with Crippen LogP contribution in [0.3, 0.4) is 0 Å². The highest BCUT2D eigenvalue weighted by Crippen LogP contribution is 2.40. The molecule has 1 N–H and O–H groups in total. The molecular weight excluding hydrogens is 466 g/mol. The minimum atomic E-state index is -3.76. The van der Waals surface area contributed by atoms with Crippen LogP contribution in [-0.2, 0) is 26.0 Å². The number of ether oxygens (including phenoxy) is 1. The van der Waals surface area contributed by atoms with E-state index in [0.717, 1.165) is 24.1 Å². The van der Waals surface area contributed by atoms with Gasteiger partial charge in [0.05, 0.1) is 17.9 Å². The number of fused-ring (bicyclic) bond motifs is 1. The summed E-state index contributed by atoms with van der Waals surface area (Å²) in [7, 11) is -2.18. The lowest BCUT2D eigenvalue weighted by Gasteiger charge is -2.31. The average molecular weight is 498 g/mol. The van der Waals surface area contributed by atoms with Crippen LogP contribution in [-0.4, -0.2) is 50.8 Å². The fourth-order valence-corrected chi connectivity index (χ4v) is 6.65. The van der Waals surface area contributed by atoms with Crippen molar-refractivity contribution in [3.8, 4) is 5.75 Å². The van der Waals surface area contributed by atoms with Crippen molar-refractivity contribution in [3.63, 3.8) is 0 Å². The Morgan fingerprint density at radius 1 is 1.03 bits per heavy atom. The number of hydrogen-bond donors (Lipinski definition) is 1. The van der Waals surface area contributed by atoms with Crippen molar-refractivity contribution in [1.29, 1.82) is 0 Å². The molecule has 2 aliphatic heterocycles. The maximum atomic E-state index is 13.5. The smallest absolute Gasteiger partial charge is 0.243 e. The molecule has 2 atom stereocenters. The van der Waals surface area contributed by atoms with Crippen molar-refractivity contribution in [2.24, 2.45) is 11.8 Å². The van der Waals surface area contributed by atoms with E-state index in [1.807, 2.05) is 11.8 Å². The van der Waals surface area contributed by atoms with Gasteiger partial charge in [0.25, 0.3) is 0 Å². The Hall–Kier alpha value is -2.91. The van der Waals surface area contributed by atoms with Crippen LogP contribution < -0.4 is 15.0 Å². The monoisotopic (exact) mass is 497 g/mol. The number of carbonyl (C=O) groups is 2. The van der Waals surface area contributed by atoms with Gasteiger partial charge in [-0.25, -0.2) is 8.42 Å². The van der Waals surface area contributed by atoms with E-state index in [0.29, 0.717) is 37.2 Å². The molecule has 0 bridgehead atoms. The summed E-state index contributed by atoms with van der Waals surface area (Å²) in [4.78, 5) is 27.7. The van der Waals surface area contributed by atoms with Gasteiger partial charge in [-0.2, -0.15) is 4.31 Å². The molecule has 0 spiro atoms. The zero-order valence-electron chi connectivity index (χ0n) is 20.1. The maximum Gasteiger partial charge on any atom is 0.243 e. The van der Waals surface area contributed by atoms with E-state index in [-0.39, 0.29) is 35.2 Å². The highest BCUT2D eigenvalue weighted by atomic mass is 32.2. The molecule has 0 radical (unpaired) electrons. The molecule has 0 aromatic heterocycles. The number of carbonyl (C=O) groups excluding carboxylic acids is 2. The summed E-state index contributed by atoms with van der Waals surface area (Å²) in [5.74, 6) is 0.338. The molecule has 2 aromatic rings. The normalized spacial score (nSPS) is 22.5. The topological polar surface area (TPSA) is 96.0 Å². The Bertz CT molecular complexity index is 1240. The fourth-order valence-electron chi connectivity index (χ4n) is 5.07. The molecule has 1 saturated heterocycles. The van der Waals surface area contributed by atoms with E-state index in [4.69, 9.17) is 4.74 Å². The maximum absolute atomic E-state index is 13.5. The van der Waals surface area contributed by atoms with Crippen molar-refractivity contribution < 1.29 is 22.7 Å². The number of amides is 2. The van der Waals surface area contributed by atoms with Gasteiger partial charge in [0.1, 0.15) is 5.75 Å². The summed E-state index contributed by atoms with van der Waals surface area (Å²) in [5, 5.41) is 2.89. The summed E-state index contributed by atoms with van der Waals surface area (Å²) < 4.78 is 33.6. The summed E-state index contributed by atoms with van der Waals surface area (Å²) in [6, 6.07) is 12.2. The first kappa shape index (κ1) is 23.8. The van der Waals surface area contributed by atoms with Crippen molar-refractivity contribution in [3.05, 3.63) is 48.0 Å². The van der Waals surface area contributed by atoms with Gasteiger partial charge in [0.15, 0.2) is 0 Å². The Morgan fingerprint density at radius 3 is 2.46 bits per heavy atom. The number of rotatable bonds is 6. The fraction of sp³-hybridized carbons (Fsp3) is 0.462. The van der Waals surface area contributed by atoms with E-state index >= 15 is 0 Å². The lowest BCUT2D eigenvalue weighted by atomic mass is 9.99. The molecule has 9 heteroatoms. The van der Waals surface area contributed by atoms with Gasteiger partial charge in [-0.3, -0.25) is 9.59 Å². The number of nitrogens with one attached hydrogen (secondary N) is 1. The largest absolute Gasteiger partial charge is 0.497 e. The average Bonchev–Trinajstić information content (AvgIpc) is 3.66. The van der Waals surface area contributed by atoms with Gasteiger partial charge >= 0.3 is 0 Å². The summed E-state index contributed by atoms with van der Waals surface area (Å²) in [6.07, 6.45) is 3.77. The predicted molar refractivity (Wildman–Crippen MR) is 133 cm³/mol. The molecule has 2 fully saturated rings. The molecule has 3 aliphatic rings. The van der Waals surface area contributed by atoms with Crippen molar-refractivity contribution in [2.75, 3.05) is 30.4 Å². The van der Waals surface area contributed by atoms with E-state index in [1.165, 1.54) is 4.31 Å². The van der Waals surface area contributed by atoms with Crippen molar-refractivity contribution in [2.45, 2.75) is 50.0 Å². The van der Waals surface area contributed by atoms with Crippen molar-refractivity contribution in [1.82, 2.24) is 4.31 Å².